The molecule has 0 bridgehead atoms. The second-order valence-corrected chi connectivity index (χ2v) is 6.64. The molecule has 1 aliphatic rings. The van der Waals surface area contributed by atoms with Gasteiger partial charge in [0, 0.05) is 23.6 Å². The Bertz CT molecular complexity index is 420. The van der Waals surface area contributed by atoms with Crippen LogP contribution in [0.1, 0.15) is 30.0 Å². The lowest BCUT2D eigenvalue weighted by atomic mass is 10.1. The fourth-order valence-corrected chi connectivity index (χ4v) is 3.08. The molecule has 1 saturated heterocycles. The molecule has 0 aliphatic carbocycles. The molecule has 1 aromatic rings. The predicted octanol–water partition coefficient (Wildman–Crippen LogP) is 2.13. The van der Waals surface area contributed by atoms with E-state index in [9.17, 15) is 4.79 Å². The summed E-state index contributed by atoms with van der Waals surface area (Å²) >= 11 is 1.91. The number of thioether (sulfide) groups is 1. The molecule has 1 aromatic heterocycles. The molecule has 2 heterocycles. The molecule has 0 unspecified atom stereocenters. The summed E-state index contributed by atoms with van der Waals surface area (Å²) in [5, 5.41) is 0. The van der Waals surface area contributed by atoms with Gasteiger partial charge in [0.05, 0.1) is 12.1 Å². The number of halogens is 1. The molecule has 4 nitrogen and oxygen atoms in total. The normalized spacial score (nSPS) is 18.3. The Morgan fingerprint density at radius 2 is 2.33 bits per heavy atom. The summed E-state index contributed by atoms with van der Waals surface area (Å²) in [6, 6.07) is 1.73. The minimum Gasteiger partial charge on any atom is -0.467 e. The third kappa shape index (κ3) is 3.43. The van der Waals surface area contributed by atoms with Crippen molar-refractivity contribution in [3.05, 3.63) is 23.7 Å². The molecule has 2 N–H and O–H groups in total. The Labute approximate surface area is 118 Å². The van der Waals surface area contributed by atoms with Gasteiger partial charge in [0.25, 0.3) is 5.91 Å². The first kappa shape index (κ1) is 15.4. The molecule has 0 saturated carbocycles. The van der Waals surface area contributed by atoms with E-state index in [1.54, 1.807) is 6.07 Å². The summed E-state index contributed by atoms with van der Waals surface area (Å²) in [6.45, 7) is 6.24. The van der Waals surface area contributed by atoms with E-state index in [-0.39, 0.29) is 23.1 Å². The Kier molecular flexibility index (Phi) is 5.13. The fourth-order valence-electron chi connectivity index (χ4n) is 1.97. The highest BCUT2D eigenvalue weighted by Gasteiger charge is 2.30. The quantitative estimate of drug-likeness (QED) is 0.906. The smallest absolute Gasteiger partial charge is 0.257 e. The van der Waals surface area contributed by atoms with Gasteiger partial charge in [-0.05, 0) is 19.9 Å². The molecule has 1 aliphatic heterocycles. The van der Waals surface area contributed by atoms with Crippen LogP contribution in [0.15, 0.2) is 16.7 Å². The minimum atomic E-state index is 0. The van der Waals surface area contributed by atoms with Gasteiger partial charge in [0.15, 0.2) is 0 Å². The van der Waals surface area contributed by atoms with Gasteiger partial charge in [0.2, 0.25) is 0 Å². The number of furan rings is 1. The van der Waals surface area contributed by atoms with E-state index in [0.717, 1.165) is 18.8 Å². The van der Waals surface area contributed by atoms with Crippen molar-refractivity contribution in [1.29, 1.82) is 0 Å². The zero-order valence-corrected chi connectivity index (χ0v) is 12.3. The summed E-state index contributed by atoms with van der Waals surface area (Å²) in [6.07, 6.45) is 1.50. The number of hydrogen-bond donors (Lipinski definition) is 1. The van der Waals surface area contributed by atoms with Crippen molar-refractivity contribution in [2.45, 2.75) is 25.1 Å². The molecule has 1 fully saturated rings. The number of nitrogens with zero attached hydrogens (tertiary/aromatic N) is 1. The van der Waals surface area contributed by atoms with E-state index < -0.39 is 0 Å². The minimum absolute atomic E-state index is 0. The number of amides is 1. The lowest BCUT2D eigenvalue weighted by Crippen LogP contribution is -2.46. The summed E-state index contributed by atoms with van der Waals surface area (Å²) in [4.78, 5) is 14.1. The molecule has 1 amide bonds. The standard InChI is InChI=1S/C12H18N2O2S.ClH/c1-12(2)8-14(3-4-17-12)11(15)9-5-10(6-13)16-7-9;/h5,7H,3-4,6,8,13H2,1-2H3;1H. The molecular formula is C12H19ClN2O2S. The third-order valence-electron chi connectivity index (χ3n) is 2.81. The Hall–Kier alpha value is -0.650. The van der Waals surface area contributed by atoms with Gasteiger partial charge in [-0.2, -0.15) is 11.8 Å². The molecule has 0 atom stereocenters. The van der Waals surface area contributed by atoms with E-state index in [2.05, 4.69) is 13.8 Å². The highest BCUT2D eigenvalue weighted by atomic mass is 35.5. The van der Waals surface area contributed by atoms with E-state index >= 15 is 0 Å². The maximum Gasteiger partial charge on any atom is 0.257 e. The predicted molar refractivity (Wildman–Crippen MR) is 76.3 cm³/mol. The van der Waals surface area contributed by atoms with Gasteiger partial charge in [-0.15, -0.1) is 12.4 Å². The topological polar surface area (TPSA) is 59.5 Å². The average Bonchev–Trinajstić information content (AvgIpc) is 2.75. The summed E-state index contributed by atoms with van der Waals surface area (Å²) in [5.74, 6) is 1.68. The average molecular weight is 291 g/mol. The first-order chi connectivity index (χ1) is 8.02. The molecule has 2 rings (SSSR count). The monoisotopic (exact) mass is 290 g/mol. The van der Waals surface area contributed by atoms with Crippen molar-refractivity contribution in [2.75, 3.05) is 18.8 Å². The second kappa shape index (κ2) is 5.99. The lowest BCUT2D eigenvalue weighted by molar-refractivity contribution is 0.0747. The number of hydrogen-bond acceptors (Lipinski definition) is 4. The molecule has 102 valence electrons. The highest BCUT2D eigenvalue weighted by Crippen LogP contribution is 2.30. The van der Waals surface area contributed by atoms with Gasteiger partial charge in [-0.25, -0.2) is 0 Å². The van der Waals surface area contributed by atoms with Crippen molar-refractivity contribution < 1.29 is 9.21 Å². The van der Waals surface area contributed by atoms with Crippen LogP contribution >= 0.6 is 24.2 Å². The SMILES string of the molecule is CC1(C)CN(C(=O)c2coc(CN)c2)CCS1.Cl. The molecular weight excluding hydrogens is 272 g/mol. The number of carbonyl (C=O) groups is 1. The largest absolute Gasteiger partial charge is 0.467 e. The first-order valence-electron chi connectivity index (χ1n) is 5.72. The van der Waals surface area contributed by atoms with Crippen LogP contribution in [0.3, 0.4) is 0 Å². The highest BCUT2D eigenvalue weighted by molar-refractivity contribution is 8.00. The summed E-state index contributed by atoms with van der Waals surface area (Å²) in [7, 11) is 0. The summed E-state index contributed by atoms with van der Waals surface area (Å²) < 4.78 is 5.33. The van der Waals surface area contributed by atoms with E-state index in [0.29, 0.717) is 17.9 Å². The first-order valence-corrected chi connectivity index (χ1v) is 6.71. The summed E-state index contributed by atoms with van der Waals surface area (Å²) in [5.41, 5.74) is 6.07. The van der Waals surface area contributed by atoms with E-state index in [4.69, 9.17) is 10.2 Å². The third-order valence-corrected chi connectivity index (χ3v) is 4.11. The van der Waals surface area contributed by atoms with Crippen LogP contribution in [0, 0.1) is 0 Å². The Morgan fingerprint density at radius 3 is 2.89 bits per heavy atom. The maximum atomic E-state index is 12.2. The number of carbonyl (C=O) groups excluding carboxylic acids is 1. The Balaban J connectivity index is 0.00000162. The molecule has 0 aromatic carbocycles. The number of rotatable bonds is 2. The van der Waals surface area contributed by atoms with Crippen LogP contribution in [-0.4, -0.2) is 34.4 Å². The van der Waals surface area contributed by atoms with Crippen molar-refractivity contribution >= 4 is 30.1 Å². The molecule has 6 heteroatoms. The van der Waals surface area contributed by atoms with Gasteiger partial charge >= 0.3 is 0 Å². The van der Waals surface area contributed by atoms with E-state index in [1.165, 1.54) is 6.26 Å². The fraction of sp³-hybridized carbons (Fsp3) is 0.583. The van der Waals surface area contributed by atoms with Crippen molar-refractivity contribution in [3.8, 4) is 0 Å². The lowest BCUT2D eigenvalue weighted by Gasteiger charge is -2.37. The van der Waals surface area contributed by atoms with Crippen molar-refractivity contribution in [2.24, 2.45) is 5.73 Å². The van der Waals surface area contributed by atoms with Crippen LogP contribution in [0.2, 0.25) is 0 Å². The van der Waals surface area contributed by atoms with Gasteiger partial charge < -0.3 is 15.1 Å². The molecule has 0 radical (unpaired) electrons. The van der Waals surface area contributed by atoms with Crippen LogP contribution in [0.4, 0.5) is 0 Å². The van der Waals surface area contributed by atoms with E-state index in [1.807, 2.05) is 16.7 Å². The zero-order chi connectivity index (χ0) is 12.5. The van der Waals surface area contributed by atoms with Crippen LogP contribution < -0.4 is 5.73 Å². The van der Waals surface area contributed by atoms with Crippen molar-refractivity contribution in [3.63, 3.8) is 0 Å². The maximum absolute atomic E-state index is 12.2. The van der Waals surface area contributed by atoms with Crippen LogP contribution in [-0.2, 0) is 6.54 Å². The van der Waals surface area contributed by atoms with Gasteiger partial charge in [0.1, 0.15) is 12.0 Å². The zero-order valence-electron chi connectivity index (χ0n) is 10.6. The van der Waals surface area contributed by atoms with Crippen LogP contribution in [0.5, 0.6) is 0 Å². The Morgan fingerprint density at radius 1 is 1.61 bits per heavy atom. The van der Waals surface area contributed by atoms with Crippen LogP contribution in [0.25, 0.3) is 0 Å². The second-order valence-electron chi connectivity index (χ2n) is 4.84. The van der Waals surface area contributed by atoms with Gasteiger partial charge in [-0.3, -0.25) is 4.79 Å². The molecule has 18 heavy (non-hydrogen) atoms. The molecule has 0 spiro atoms. The number of nitrogens with two attached hydrogens (primary N) is 1. The van der Waals surface area contributed by atoms with Crippen molar-refractivity contribution in [1.82, 2.24) is 4.90 Å². The van der Waals surface area contributed by atoms with Gasteiger partial charge in [-0.1, -0.05) is 0 Å².